The molecule has 0 aliphatic carbocycles. The van der Waals surface area contributed by atoms with Gasteiger partial charge in [0.25, 0.3) is 5.69 Å². The van der Waals surface area contributed by atoms with Crippen molar-refractivity contribution >= 4 is 5.69 Å². The van der Waals surface area contributed by atoms with Crippen LogP contribution in [-0.2, 0) is 4.74 Å². The fraction of sp³-hybridized carbons (Fsp3) is 0.294. The summed E-state index contributed by atoms with van der Waals surface area (Å²) in [6, 6.07) is 14.3. The number of nitro benzene ring substituents is 1. The minimum Gasteiger partial charge on any atom is -0.494 e. The number of hydrogen-bond donors (Lipinski definition) is 0. The number of epoxide rings is 1. The van der Waals surface area contributed by atoms with E-state index in [1.165, 1.54) is 12.1 Å². The van der Waals surface area contributed by atoms with E-state index in [0.717, 1.165) is 36.3 Å². The molecule has 2 aromatic carbocycles. The Balaban J connectivity index is 1.56. The highest BCUT2D eigenvalue weighted by atomic mass is 16.6. The quantitative estimate of drug-likeness (QED) is 0.337. The van der Waals surface area contributed by atoms with E-state index >= 15 is 0 Å². The van der Waals surface area contributed by atoms with Gasteiger partial charge in [0.1, 0.15) is 5.75 Å². The van der Waals surface area contributed by atoms with Crippen LogP contribution >= 0.6 is 0 Å². The first kappa shape index (κ1) is 14.5. The largest absolute Gasteiger partial charge is 0.494 e. The minimum absolute atomic E-state index is 0.100. The smallest absolute Gasteiger partial charge is 0.269 e. The highest BCUT2D eigenvalue weighted by Gasteiger charge is 2.21. The number of nitrogens with zero attached hydrogens (tertiary/aromatic N) is 1. The normalized spacial score (nSPS) is 16.3. The van der Waals surface area contributed by atoms with Crippen molar-refractivity contribution in [2.45, 2.75) is 18.9 Å². The summed E-state index contributed by atoms with van der Waals surface area (Å²) in [7, 11) is 0. The SMILES string of the molecule is O=[N+]([O-])c1ccc(-c2ccc(OCCCC3CO3)cc2)cc1. The van der Waals surface area contributed by atoms with Gasteiger partial charge in [-0.15, -0.1) is 0 Å². The average Bonchev–Trinajstić information content (AvgIpc) is 3.37. The maximum Gasteiger partial charge on any atom is 0.269 e. The van der Waals surface area contributed by atoms with E-state index in [9.17, 15) is 10.1 Å². The summed E-state index contributed by atoms with van der Waals surface area (Å²) in [5, 5.41) is 10.6. The predicted molar refractivity (Wildman–Crippen MR) is 83.0 cm³/mol. The number of benzene rings is 2. The molecule has 1 heterocycles. The maximum atomic E-state index is 10.6. The van der Waals surface area contributed by atoms with Gasteiger partial charge in [0.15, 0.2) is 0 Å². The van der Waals surface area contributed by atoms with E-state index in [4.69, 9.17) is 9.47 Å². The first-order chi connectivity index (χ1) is 10.7. The number of non-ortho nitro benzene ring substituents is 1. The lowest BCUT2D eigenvalue weighted by atomic mass is 10.1. The van der Waals surface area contributed by atoms with E-state index in [2.05, 4.69) is 0 Å². The van der Waals surface area contributed by atoms with Crippen molar-refractivity contribution in [3.05, 3.63) is 58.6 Å². The van der Waals surface area contributed by atoms with E-state index in [-0.39, 0.29) is 5.69 Å². The lowest BCUT2D eigenvalue weighted by Crippen LogP contribution is -1.99. The van der Waals surface area contributed by atoms with Crippen LogP contribution in [-0.4, -0.2) is 24.2 Å². The highest BCUT2D eigenvalue weighted by molar-refractivity contribution is 5.65. The third-order valence-corrected chi connectivity index (χ3v) is 3.61. The first-order valence-electron chi connectivity index (χ1n) is 7.32. The second-order valence-corrected chi connectivity index (χ2v) is 5.27. The Hall–Kier alpha value is -2.40. The summed E-state index contributed by atoms with van der Waals surface area (Å²) >= 11 is 0. The van der Waals surface area contributed by atoms with Crippen LogP contribution in [0.15, 0.2) is 48.5 Å². The fourth-order valence-electron chi connectivity index (χ4n) is 2.25. The molecule has 3 rings (SSSR count). The molecule has 0 N–H and O–H groups in total. The van der Waals surface area contributed by atoms with Crippen molar-refractivity contribution in [3.63, 3.8) is 0 Å². The van der Waals surface area contributed by atoms with E-state index in [0.29, 0.717) is 12.7 Å². The molecule has 1 atom stereocenters. The molecule has 2 aromatic rings. The van der Waals surface area contributed by atoms with Crippen LogP contribution < -0.4 is 4.74 Å². The Morgan fingerprint density at radius 3 is 2.23 bits per heavy atom. The molecule has 1 aliphatic heterocycles. The van der Waals surface area contributed by atoms with Gasteiger partial charge in [0.05, 0.1) is 24.2 Å². The Morgan fingerprint density at radius 1 is 1.09 bits per heavy atom. The zero-order valence-electron chi connectivity index (χ0n) is 12.1. The molecule has 5 nitrogen and oxygen atoms in total. The molecule has 1 unspecified atom stereocenters. The van der Waals surface area contributed by atoms with Gasteiger partial charge in [0.2, 0.25) is 0 Å². The Labute approximate surface area is 128 Å². The van der Waals surface area contributed by atoms with Crippen molar-refractivity contribution in [1.29, 1.82) is 0 Å². The van der Waals surface area contributed by atoms with Crippen molar-refractivity contribution in [2.75, 3.05) is 13.2 Å². The van der Waals surface area contributed by atoms with Crippen LogP contribution in [0.4, 0.5) is 5.69 Å². The van der Waals surface area contributed by atoms with Gasteiger partial charge in [-0.05, 0) is 48.2 Å². The van der Waals surface area contributed by atoms with Gasteiger partial charge >= 0.3 is 0 Å². The topological polar surface area (TPSA) is 64.9 Å². The summed E-state index contributed by atoms with van der Waals surface area (Å²) in [5.41, 5.74) is 2.06. The Bertz CT molecular complexity index is 633. The van der Waals surface area contributed by atoms with Gasteiger partial charge in [-0.25, -0.2) is 0 Å². The van der Waals surface area contributed by atoms with Gasteiger partial charge in [0, 0.05) is 12.1 Å². The standard InChI is InChI=1S/C17H17NO4/c19-18(20)15-7-3-13(4-8-15)14-5-9-16(10-6-14)21-11-1-2-17-12-22-17/h3-10,17H,1-2,11-12H2. The van der Waals surface area contributed by atoms with E-state index in [1.54, 1.807) is 12.1 Å². The second kappa shape index (κ2) is 6.58. The molecule has 0 saturated carbocycles. The number of rotatable bonds is 7. The molecule has 1 fully saturated rings. The monoisotopic (exact) mass is 299 g/mol. The van der Waals surface area contributed by atoms with Crippen LogP contribution in [0, 0.1) is 10.1 Å². The minimum atomic E-state index is -0.395. The molecule has 22 heavy (non-hydrogen) atoms. The summed E-state index contributed by atoms with van der Waals surface area (Å²) < 4.78 is 10.8. The summed E-state index contributed by atoms with van der Waals surface area (Å²) in [6.45, 7) is 1.58. The zero-order valence-corrected chi connectivity index (χ0v) is 12.1. The second-order valence-electron chi connectivity index (χ2n) is 5.27. The molecule has 1 saturated heterocycles. The lowest BCUT2D eigenvalue weighted by molar-refractivity contribution is -0.384. The van der Waals surface area contributed by atoms with Gasteiger partial charge < -0.3 is 9.47 Å². The van der Waals surface area contributed by atoms with Crippen LogP contribution in [0.25, 0.3) is 11.1 Å². The van der Waals surface area contributed by atoms with Gasteiger partial charge in [-0.1, -0.05) is 12.1 Å². The summed E-state index contributed by atoms with van der Waals surface area (Å²) in [6.07, 6.45) is 2.50. The fourth-order valence-corrected chi connectivity index (χ4v) is 2.25. The highest BCUT2D eigenvalue weighted by Crippen LogP contribution is 2.24. The number of ether oxygens (including phenoxy) is 2. The van der Waals surface area contributed by atoms with Gasteiger partial charge in [-0.3, -0.25) is 10.1 Å². The molecule has 0 spiro atoms. The first-order valence-corrected chi connectivity index (χ1v) is 7.32. The molecule has 0 amide bonds. The number of hydrogen-bond acceptors (Lipinski definition) is 4. The van der Waals surface area contributed by atoms with Crippen molar-refractivity contribution in [1.82, 2.24) is 0 Å². The molecule has 114 valence electrons. The third kappa shape index (κ3) is 3.83. The summed E-state index contributed by atoms with van der Waals surface area (Å²) in [5.74, 6) is 0.836. The molecule has 1 aliphatic rings. The zero-order chi connectivity index (χ0) is 15.4. The van der Waals surface area contributed by atoms with Gasteiger partial charge in [-0.2, -0.15) is 0 Å². The number of nitro groups is 1. The molecule has 0 radical (unpaired) electrons. The van der Waals surface area contributed by atoms with Crippen LogP contribution in [0.5, 0.6) is 5.75 Å². The van der Waals surface area contributed by atoms with Crippen molar-refractivity contribution in [3.8, 4) is 16.9 Å². The maximum absolute atomic E-state index is 10.6. The lowest BCUT2D eigenvalue weighted by Gasteiger charge is -2.07. The average molecular weight is 299 g/mol. The van der Waals surface area contributed by atoms with Crippen LogP contribution in [0.1, 0.15) is 12.8 Å². The molecular weight excluding hydrogens is 282 g/mol. The third-order valence-electron chi connectivity index (χ3n) is 3.61. The summed E-state index contributed by atoms with van der Waals surface area (Å²) in [4.78, 5) is 10.3. The molecular formula is C17H17NO4. The molecule has 0 aromatic heterocycles. The van der Waals surface area contributed by atoms with Crippen LogP contribution in [0.2, 0.25) is 0 Å². The Morgan fingerprint density at radius 2 is 1.68 bits per heavy atom. The predicted octanol–water partition coefficient (Wildman–Crippen LogP) is 3.82. The van der Waals surface area contributed by atoms with E-state index in [1.807, 2.05) is 24.3 Å². The van der Waals surface area contributed by atoms with Crippen molar-refractivity contribution < 1.29 is 14.4 Å². The van der Waals surface area contributed by atoms with Crippen molar-refractivity contribution in [2.24, 2.45) is 0 Å². The Kier molecular flexibility index (Phi) is 4.34. The molecule has 0 bridgehead atoms. The van der Waals surface area contributed by atoms with E-state index < -0.39 is 4.92 Å². The van der Waals surface area contributed by atoms with Crippen LogP contribution in [0.3, 0.4) is 0 Å². The molecule has 5 heteroatoms.